The molecule has 0 fully saturated rings. The zero-order chi connectivity index (χ0) is 15.6. The molecule has 116 valence electrons. The Kier molecular flexibility index (Phi) is 6.36. The van der Waals surface area contributed by atoms with Crippen LogP contribution in [-0.2, 0) is 6.54 Å². The molecule has 0 bridgehead atoms. The number of rotatable bonds is 8. The number of unbranched alkanes of at least 4 members (excludes halogenated alkanes) is 2. The normalized spacial score (nSPS) is 10.2. The Morgan fingerprint density at radius 2 is 1.95 bits per heavy atom. The molecule has 0 atom stereocenters. The van der Waals surface area contributed by atoms with Crippen LogP contribution < -0.4 is 10.6 Å². The fraction of sp³-hybridized carbons (Fsp3) is 0.353. The third kappa shape index (κ3) is 5.16. The summed E-state index contributed by atoms with van der Waals surface area (Å²) in [6.07, 6.45) is 4.87. The highest BCUT2D eigenvalue weighted by Gasteiger charge is 2.08. The standard InChI is InChI=1S/C17H22N4O/c1-2-3-7-10-18-16-11-15(20-13-21-16)17(22)19-12-14-8-5-4-6-9-14/h4-6,8-9,11,13H,2-3,7,10,12H2,1H3,(H,19,22)(H,18,20,21). The van der Waals surface area contributed by atoms with Crippen molar-refractivity contribution in [3.63, 3.8) is 0 Å². The molecule has 0 aliphatic carbocycles. The Morgan fingerprint density at radius 1 is 1.14 bits per heavy atom. The number of aromatic nitrogens is 2. The third-order valence-electron chi connectivity index (χ3n) is 3.28. The van der Waals surface area contributed by atoms with Gasteiger partial charge in [0.05, 0.1) is 0 Å². The molecule has 0 unspecified atom stereocenters. The van der Waals surface area contributed by atoms with Crippen molar-refractivity contribution >= 4 is 11.7 Å². The minimum Gasteiger partial charge on any atom is -0.370 e. The lowest BCUT2D eigenvalue weighted by molar-refractivity contribution is 0.0946. The number of hydrogen-bond acceptors (Lipinski definition) is 4. The van der Waals surface area contributed by atoms with Crippen molar-refractivity contribution in [1.82, 2.24) is 15.3 Å². The van der Waals surface area contributed by atoms with Crippen LogP contribution in [-0.4, -0.2) is 22.4 Å². The van der Waals surface area contributed by atoms with Crippen LogP contribution in [0.25, 0.3) is 0 Å². The van der Waals surface area contributed by atoms with Crippen molar-refractivity contribution in [2.45, 2.75) is 32.7 Å². The molecule has 1 heterocycles. The maximum atomic E-state index is 12.1. The van der Waals surface area contributed by atoms with E-state index in [1.807, 2.05) is 30.3 Å². The predicted molar refractivity (Wildman–Crippen MR) is 87.7 cm³/mol. The molecule has 0 saturated carbocycles. The molecule has 1 aromatic carbocycles. The molecule has 5 nitrogen and oxygen atoms in total. The van der Waals surface area contributed by atoms with Gasteiger partial charge < -0.3 is 10.6 Å². The number of hydrogen-bond donors (Lipinski definition) is 2. The number of carbonyl (C=O) groups is 1. The maximum absolute atomic E-state index is 12.1. The first-order valence-electron chi connectivity index (χ1n) is 7.67. The van der Waals surface area contributed by atoms with Gasteiger partial charge in [-0.3, -0.25) is 4.79 Å². The molecule has 5 heteroatoms. The van der Waals surface area contributed by atoms with Crippen molar-refractivity contribution in [1.29, 1.82) is 0 Å². The summed E-state index contributed by atoms with van der Waals surface area (Å²) in [4.78, 5) is 20.3. The number of carbonyl (C=O) groups excluding carboxylic acids is 1. The van der Waals surface area contributed by atoms with E-state index in [2.05, 4.69) is 27.5 Å². The quantitative estimate of drug-likeness (QED) is 0.735. The number of anilines is 1. The van der Waals surface area contributed by atoms with E-state index in [-0.39, 0.29) is 5.91 Å². The molecule has 2 rings (SSSR count). The molecule has 1 aromatic heterocycles. The van der Waals surface area contributed by atoms with Crippen molar-refractivity contribution in [3.8, 4) is 0 Å². The SMILES string of the molecule is CCCCCNc1cc(C(=O)NCc2ccccc2)ncn1. The third-order valence-corrected chi connectivity index (χ3v) is 3.28. The minimum absolute atomic E-state index is 0.192. The second kappa shape index (κ2) is 8.77. The van der Waals surface area contributed by atoms with Crippen molar-refractivity contribution in [2.75, 3.05) is 11.9 Å². The van der Waals surface area contributed by atoms with E-state index in [1.165, 1.54) is 19.2 Å². The summed E-state index contributed by atoms with van der Waals surface area (Å²) in [5.74, 6) is 0.499. The Labute approximate surface area is 131 Å². The van der Waals surface area contributed by atoms with E-state index in [0.717, 1.165) is 18.5 Å². The van der Waals surface area contributed by atoms with E-state index >= 15 is 0 Å². The van der Waals surface area contributed by atoms with Gasteiger partial charge in [0.25, 0.3) is 5.91 Å². The smallest absolute Gasteiger partial charge is 0.270 e. The van der Waals surface area contributed by atoms with E-state index in [0.29, 0.717) is 18.1 Å². The molecular formula is C17H22N4O. The Balaban J connectivity index is 1.86. The molecule has 0 radical (unpaired) electrons. The summed E-state index contributed by atoms with van der Waals surface area (Å²) in [5, 5.41) is 6.08. The monoisotopic (exact) mass is 298 g/mol. The van der Waals surface area contributed by atoms with E-state index in [1.54, 1.807) is 6.07 Å². The lowest BCUT2D eigenvalue weighted by Crippen LogP contribution is -2.24. The van der Waals surface area contributed by atoms with Gasteiger partial charge in [0.2, 0.25) is 0 Å². The molecule has 1 amide bonds. The summed E-state index contributed by atoms with van der Waals surface area (Å²) in [6.45, 7) is 3.51. The second-order valence-corrected chi connectivity index (χ2v) is 5.09. The molecule has 2 aromatic rings. The van der Waals surface area contributed by atoms with Gasteiger partial charge in [-0.2, -0.15) is 0 Å². The van der Waals surface area contributed by atoms with Crippen molar-refractivity contribution in [2.24, 2.45) is 0 Å². The Morgan fingerprint density at radius 3 is 2.73 bits per heavy atom. The molecule has 0 aliphatic heterocycles. The molecule has 2 N–H and O–H groups in total. The summed E-state index contributed by atoms with van der Waals surface area (Å²) < 4.78 is 0. The Bertz CT molecular complexity index is 586. The lowest BCUT2D eigenvalue weighted by Gasteiger charge is -2.07. The summed E-state index contributed by atoms with van der Waals surface area (Å²) >= 11 is 0. The Hall–Kier alpha value is -2.43. The van der Waals surface area contributed by atoms with Crippen LogP contribution in [0.2, 0.25) is 0 Å². The van der Waals surface area contributed by atoms with Gasteiger partial charge in [-0.05, 0) is 12.0 Å². The fourth-order valence-electron chi connectivity index (χ4n) is 2.04. The van der Waals surface area contributed by atoms with Gasteiger partial charge in [-0.25, -0.2) is 9.97 Å². The van der Waals surface area contributed by atoms with Crippen LogP contribution in [0.5, 0.6) is 0 Å². The van der Waals surface area contributed by atoms with E-state index in [4.69, 9.17) is 0 Å². The number of nitrogens with one attached hydrogen (secondary N) is 2. The zero-order valence-corrected chi connectivity index (χ0v) is 12.9. The van der Waals surface area contributed by atoms with Crippen molar-refractivity contribution in [3.05, 3.63) is 54.0 Å². The molecular weight excluding hydrogens is 276 g/mol. The molecule has 0 spiro atoms. The highest BCUT2D eigenvalue weighted by atomic mass is 16.1. The predicted octanol–water partition coefficient (Wildman–Crippen LogP) is 3.01. The van der Waals surface area contributed by atoms with Gasteiger partial charge in [0.1, 0.15) is 17.8 Å². The van der Waals surface area contributed by atoms with Crippen LogP contribution in [0.15, 0.2) is 42.7 Å². The van der Waals surface area contributed by atoms with E-state index in [9.17, 15) is 4.79 Å². The zero-order valence-electron chi connectivity index (χ0n) is 12.9. The van der Waals surface area contributed by atoms with Gasteiger partial charge in [0.15, 0.2) is 0 Å². The summed E-state index contributed by atoms with van der Waals surface area (Å²) in [5.41, 5.74) is 1.44. The first-order valence-corrected chi connectivity index (χ1v) is 7.67. The average Bonchev–Trinajstić information content (AvgIpc) is 2.58. The lowest BCUT2D eigenvalue weighted by atomic mass is 10.2. The van der Waals surface area contributed by atoms with Gasteiger partial charge in [-0.1, -0.05) is 50.1 Å². The van der Waals surface area contributed by atoms with Crippen LogP contribution in [0.3, 0.4) is 0 Å². The van der Waals surface area contributed by atoms with Crippen LogP contribution >= 0.6 is 0 Å². The first-order chi connectivity index (χ1) is 10.8. The summed E-state index contributed by atoms with van der Waals surface area (Å²) in [7, 11) is 0. The highest BCUT2D eigenvalue weighted by Crippen LogP contribution is 2.06. The number of amides is 1. The fourth-order valence-corrected chi connectivity index (χ4v) is 2.04. The average molecular weight is 298 g/mol. The maximum Gasteiger partial charge on any atom is 0.270 e. The number of nitrogens with zero attached hydrogens (tertiary/aromatic N) is 2. The van der Waals surface area contributed by atoms with Crippen LogP contribution in [0, 0.1) is 0 Å². The van der Waals surface area contributed by atoms with Crippen molar-refractivity contribution < 1.29 is 4.79 Å². The second-order valence-electron chi connectivity index (χ2n) is 5.09. The van der Waals surface area contributed by atoms with Gasteiger partial charge in [-0.15, -0.1) is 0 Å². The number of benzene rings is 1. The topological polar surface area (TPSA) is 66.9 Å². The van der Waals surface area contributed by atoms with Gasteiger partial charge >= 0.3 is 0 Å². The molecule has 0 aliphatic rings. The van der Waals surface area contributed by atoms with Crippen LogP contribution in [0.1, 0.15) is 42.2 Å². The van der Waals surface area contributed by atoms with Crippen LogP contribution in [0.4, 0.5) is 5.82 Å². The first kappa shape index (κ1) is 15.9. The summed E-state index contributed by atoms with van der Waals surface area (Å²) in [6, 6.07) is 11.5. The minimum atomic E-state index is -0.192. The van der Waals surface area contributed by atoms with Gasteiger partial charge in [0, 0.05) is 19.2 Å². The molecule has 22 heavy (non-hydrogen) atoms. The largest absolute Gasteiger partial charge is 0.370 e. The van der Waals surface area contributed by atoms with E-state index < -0.39 is 0 Å². The highest BCUT2D eigenvalue weighted by molar-refractivity contribution is 5.92. The molecule has 0 saturated heterocycles.